The van der Waals surface area contributed by atoms with Gasteiger partial charge in [0.1, 0.15) is 24.4 Å². The first-order valence-corrected chi connectivity index (χ1v) is 13.5. The van der Waals surface area contributed by atoms with E-state index in [2.05, 4.69) is 39.6 Å². The summed E-state index contributed by atoms with van der Waals surface area (Å²) in [7, 11) is 0. The van der Waals surface area contributed by atoms with Crippen molar-refractivity contribution in [1.82, 2.24) is 29.1 Å². The molecule has 216 valence electrons. The van der Waals surface area contributed by atoms with Gasteiger partial charge in [-0.15, -0.1) is 0 Å². The number of nitrogens with two attached hydrogens (primary N) is 2. The van der Waals surface area contributed by atoms with E-state index in [1.165, 1.54) is 12.7 Å². The van der Waals surface area contributed by atoms with Gasteiger partial charge in [0.15, 0.2) is 17.0 Å². The lowest BCUT2D eigenvalue weighted by molar-refractivity contribution is -0.131. The Balaban J connectivity index is 1.40. The molecule has 0 saturated heterocycles. The van der Waals surface area contributed by atoms with Crippen LogP contribution in [0, 0.1) is 5.92 Å². The van der Waals surface area contributed by atoms with Crippen LogP contribution < -0.4 is 16.8 Å². The Morgan fingerprint density at radius 1 is 0.976 bits per heavy atom. The Morgan fingerprint density at radius 3 is 2.24 bits per heavy atom. The number of aliphatic hydroxyl groups excluding tert-OH is 3. The van der Waals surface area contributed by atoms with Crippen molar-refractivity contribution in [2.24, 2.45) is 11.7 Å². The third-order valence-electron chi connectivity index (χ3n) is 7.87. The molecule has 6 rings (SSSR count). The van der Waals surface area contributed by atoms with Gasteiger partial charge in [-0.3, -0.25) is 9.36 Å². The second-order valence-corrected chi connectivity index (χ2v) is 10.5. The molecule has 13 nitrogen and oxygen atoms in total. The molecule has 3 aromatic heterocycles. The normalized spacial score (nSPS) is 21.1. The van der Waals surface area contributed by atoms with Crippen LogP contribution in [-0.4, -0.2) is 75.2 Å². The standard InChI is InChI=1S/C29H31N9O4/c30-21-13-37(14-33-21)29-35-27(32-12-19(16-7-3-1-4-8-16)17-9-5-2-6-10-17)22-28(36-29)38(15-34-22)20-11-18(23(39)25(20)41)24(40)26(31)42/h1-10,13-15,18-20,23-25,39-41H,11-12,30H2,(H2,31,42)(H,32,35,36)/t18-,20+,23+,24?,25-/m0/s1. The molecule has 5 aromatic rings. The maximum atomic E-state index is 11.6. The zero-order valence-corrected chi connectivity index (χ0v) is 22.5. The number of anilines is 2. The van der Waals surface area contributed by atoms with Gasteiger partial charge in [0, 0.05) is 18.4 Å². The van der Waals surface area contributed by atoms with Crippen molar-refractivity contribution in [3.8, 4) is 5.95 Å². The second-order valence-electron chi connectivity index (χ2n) is 10.5. The molecular formula is C29H31N9O4. The highest BCUT2D eigenvalue weighted by molar-refractivity contribution is 5.84. The van der Waals surface area contributed by atoms with Gasteiger partial charge in [-0.2, -0.15) is 9.97 Å². The summed E-state index contributed by atoms with van der Waals surface area (Å²) in [6, 6.07) is 19.5. The molecule has 0 spiro atoms. The predicted molar refractivity (Wildman–Crippen MR) is 154 cm³/mol. The van der Waals surface area contributed by atoms with Crippen molar-refractivity contribution < 1.29 is 20.1 Å². The van der Waals surface area contributed by atoms with Crippen LogP contribution in [-0.2, 0) is 4.79 Å². The Hall–Kier alpha value is -4.85. The van der Waals surface area contributed by atoms with E-state index >= 15 is 0 Å². The summed E-state index contributed by atoms with van der Waals surface area (Å²) in [6.45, 7) is 0.482. The molecule has 1 saturated carbocycles. The first-order valence-electron chi connectivity index (χ1n) is 13.5. The summed E-state index contributed by atoms with van der Waals surface area (Å²) in [5, 5.41) is 35.3. The number of nitrogen functional groups attached to an aromatic ring is 1. The molecule has 8 N–H and O–H groups in total. The van der Waals surface area contributed by atoms with Crippen molar-refractivity contribution in [2.45, 2.75) is 36.7 Å². The maximum Gasteiger partial charge on any atom is 0.246 e. The number of primary amides is 1. The summed E-state index contributed by atoms with van der Waals surface area (Å²) >= 11 is 0. The van der Waals surface area contributed by atoms with E-state index < -0.39 is 36.2 Å². The lowest BCUT2D eigenvalue weighted by Gasteiger charge is -2.20. The first-order chi connectivity index (χ1) is 20.3. The summed E-state index contributed by atoms with van der Waals surface area (Å²) in [5.74, 6) is -0.942. The highest BCUT2D eigenvalue weighted by Gasteiger charge is 2.47. The SMILES string of the molecule is NC(=O)C(O)[C@H]1C[C@@H](n2cnc3c(NCC(c4ccccc4)c4ccccc4)nc(-n4cnc(N)c4)nc32)[C@H](O)[C@@H]1O. The van der Waals surface area contributed by atoms with Crippen LogP contribution in [0.15, 0.2) is 79.5 Å². The van der Waals surface area contributed by atoms with Gasteiger partial charge in [-0.1, -0.05) is 60.7 Å². The van der Waals surface area contributed by atoms with Crippen LogP contribution in [0.25, 0.3) is 17.1 Å². The smallest absolute Gasteiger partial charge is 0.246 e. The first kappa shape index (κ1) is 27.3. The third kappa shape index (κ3) is 5.04. The van der Waals surface area contributed by atoms with E-state index in [0.29, 0.717) is 23.5 Å². The molecule has 0 aliphatic heterocycles. The van der Waals surface area contributed by atoms with E-state index in [4.69, 9.17) is 21.4 Å². The average Bonchev–Trinajstić information content (AvgIpc) is 3.71. The number of nitrogens with zero attached hydrogens (tertiary/aromatic N) is 6. The van der Waals surface area contributed by atoms with Crippen molar-refractivity contribution in [3.05, 3.63) is 90.6 Å². The molecule has 42 heavy (non-hydrogen) atoms. The molecule has 1 amide bonds. The van der Waals surface area contributed by atoms with Gasteiger partial charge < -0.3 is 36.7 Å². The number of carbonyl (C=O) groups excluding carboxylic acids is 1. The van der Waals surface area contributed by atoms with Crippen LogP contribution in [0.4, 0.5) is 11.6 Å². The quantitative estimate of drug-likeness (QED) is 0.148. The minimum absolute atomic E-state index is 0.00492. The lowest BCUT2D eigenvalue weighted by atomic mass is 9.91. The molecule has 5 atom stereocenters. The third-order valence-corrected chi connectivity index (χ3v) is 7.87. The summed E-state index contributed by atoms with van der Waals surface area (Å²) < 4.78 is 3.20. The second kappa shape index (κ2) is 11.2. The van der Waals surface area contributed by atoms with Crippen LogP contribution in [0.1, 0.15) is 29.5 Å². The van der Waals surface area contributed by atoms with E-state index in [9.17, 15) is 20.1 Å². The van der Waals surface area contributed by atoms with E-state index in [1.54, 1.807) is 15.3 Å². The number of imidazole rings is 2. The number of amides is 1. The summed E-state index contributed by atoms with van der Waals surface area (Å²) in [5.41, 5.74) is 14.2. The zero-order chi connectivity index (χ0) is 29.4. The fourth-order valence-electron chi connectivity index (χ4n) is 5.67. The number of fused-ring (bicyclic) bond motifs is 1. The average molecular weight is 570 g/mol. The molecule has 0 radical (unpaired) electrons. The van der Waals surface area contributed by atoms with E-state index in [0.717, 1.165) is 11.1 Å². The number of hydrogen-bond donors (Lipinski definition) is 6. The van der Waals surface area contributed by atoms with E-state index in [-0.39, 0.29) is 24.1 Å². The minimum atomic E-state index is -1.61. The molecule has 1 fully saturated rings. The van der Waals surface area contributed by atoms with Gasteiger partial charge in [0.05, 0.1) is 24.7 Å². The summed E-state index contributed by atoms with van der Waals surface area (Å²) in [4.78, 5) is 29.7. The van der Waals surface area contributed by atoms with E-state index in [1.807, 2.05) is 36.4 Å². The van der Waals surface area contributed by atoms with Crippen LogP contribution >= 0.6 is 0 Å². The Labute approximate surface area is 240 Å². The van der Waals surface area contributed by atoms with Gasteiger partial charge in [-0.05, 0) is 17.5 Å². The number of carbonyl (C=O) groups is 1. The molecule has 1 aliphatic rings. The summed E-state index contributed by atoms with van der Waals surface area (Å²) in [6.07, 6.45) is 0.352. The lowest BCUT2D eigenvalue weighted by Crippen LogP contribution is -2.41. The fourth-order valence-corrected chi connectivity index (χ4v) is 5.67. The van der Waals surface area contributed by atoms with Crippen LogP contribution in [0.5, 0.6) is 0 Å². The number of rotatable bonds is 9. The Kier molecular flexibility index (Phi) is 7.29. The molecule has 0 bridgehead atoms. The Morgan fingerprint density at radius 2 is 1.64 bits per heavy atom. The number of aliphatic hydroxyl groups is 3. The zero-order valence-electron chi connectivity index (χ0n) is 22.5. The van der Waals surface area contributed by atoms with Crippen LogP contribution in [0.3, 0.4) is 0 Å². The number of aromatic nitrogens is 6. The van der Waals surface area contributed by atoms with Crippen LogP contribution in [0.2, 0.25) is 0 Å². The molecule has 13 heteroatoms. The molecule has 3 heterocycles. The molecular weight excluding hydrogens is 538 g/mol. The topological polar surface area (TPSA) is 203 Å². The maximum absolute atomic E-state index is 11.6. The highest BCUT2D eigenvalue weighted by atomic mass is 16.3. The minimum Gasteiger partial charge on any atom is -0.390 e. The molecule has 2 aromatic carbocycles. The van der Waals surface area contributed by atoms with Gasteiger partial charge >= 0.3 is 0 Å². The van der Waals surface area contributed by atoms with Crippen molar-refractivity contribution in [2.75, 3.05) is 17.6 Å². The van der Waals surface area contributed by atoms with Crippen molar-refractivity contribution in [1.29, 1.82) is 0 Å². The number of benzene rings is 2. The van der Waals surface area contributed by atoms with Gasteiger partial charge in [0.25, 0.3) is 0 Å². The highest BCUT2D eigenvalue weighted by Crippen LogP contribution is 2.39. The van der Waals surface area contributed by atoms with Gasteiger partial charge in [-0.25, -0.2) is 9.97 Å². The fraction of sp³-hybridized carbons (Fsp3) is 0.276. The molecule has 1 unspecified atom stereocenters. The monoisotopic (exact) mass is 569 g/mol. The largest absolute Gasteiger partial charge is 0.390 e. The Bertz CT molecular complexity index is 1650. The van der Waals surface area contributed by atoms with Crippen molar-refractivity contribution in [3.63, 3.8) is 0 Å². The molecule has 1 aliphatic carbocycles. The predicted octanol–water partition coefficient (Wildman–Crippen LogP) is 0.967. The van der Waals surface area contributed by atoms with Crippen molar-refractivity contribution >= 4 is 28.7 Å². The number of nitrogens with one attached hydrogen (secondary N) is 1. The van der Waals surface area contributed by atoms with Gasteiger partial charge in [0.2, 0.25) is 11.9 Å². The number of hydrogen-bond acceptors (Lipinski definition) is 10.